The van der Waals surface area contributed by atoms with Gasteiger partial charge in [0.2, 0.25) is 11.8 Å². The molecule has 4 aromatic rings. The van der Waals surface area contributed by atoms with E-state index >= 15 is 0 Å². The first kappa shape index (κ1) is 18.7. The summed E-state index contributed by atoms with van der Waals surface area (Å²) in [5.41, 5.74) is 11.1. The number of nitrogens with zero attached hydrogens (tertiary/aromatic N) is 1. The predicted molar refractivity (Wildman–Crippen MR) is 116 cm³/mol. The van der Waals surface area contributed by atoms with Crippen molar-refractivity contribution in [2.24, 2.45) is 5.73 Å². The van der Waals surface area contributed by atoms with Crippen LogP contribution in [0.25, 0.3) is 21.8 Å². The fourth-order valence-corrected chi connectivity index (χ4v) is 3.81. The lowest BCUT2D eigenvalue weighted by atomic mass is 10.0. The van der Waals surface area contributed by atoms with Crippen molar-refractivity contribution in [2.45, 2.75) is 26.8 Å². The summed E-state index contributed by atoms with van der Waals surface area (Å²) < 4.78 is 2.18. The molecule has 0 aliphatic carbocycles. The van der Waals surface area contributed by atoms with Crippen molar-refractivity contribution in [3.05, 3.63) is 77.4 Å². The second-order valence-electron chi connectivity index (χ2n) is 7.15. The second-order valence-corrected chi connectivity index (χ2v) is 7.15. The number of aromatic nitrogens is 1. The van der Waals surface area contributed by atoms with Crippen LogP contribution in [0.3, 0.4) is 0 Å². The van der Waals surface area contributed by atoms with Crippen LogP contribution in [0.1, 0.15) is 35.3 Å². The van der Waals surface area contributed by atoms with Gasteiger partial charge in [-0.05, 0) is 53.9 Å². The highest BCUT2D eigenvalue weighted by atomic mass is 16.1. The number of primary amides is 1. The fourth-order valence-electron chi connectivity index (χ4n) is 3.81. The van der Waals surface area contributed by atoms with Gasteiger partial charge in [0.1, 0.15) is 0 Å². The zero-order chi connectivity index (χ0) is 20.5. The molecule has 0 bridgehead atoms. The van der Waals surface area contributed by atoms with Crippen LogP contribution in [0, 0.1) is 6.07 Å². The summed E-state index contributed by atoms with van der Waals surface area (Å²) in [5.74, 6) is -0.553. The highest BCUT2D eigenvalue weighted by Crippen LogP contribution is 2.33. The average molecular weight is 384 g/mol. The lowest BCUT2D eigenvalue weighted by Crippen LogP contribution is -2.11. The minimum atomic E-state index is -0.449. The standard InChI is InChI=1S/C24H22N3O2/c1-3-16-10-11-19-22(13-16)27(21-9-5-8-20(23(19)21)24(25)29)14-17-6-4-7-18(12-17)26-15(2)28/h4-10,12-13H,3,14H2,1-2H3,(H2,25,29)(H,26,28). The molecule has 0 aliphatic heterocycles. The Morgan fingerprint density at radius 1 is 1.07 bits per heavy atom. The van der Waals surface area contributed by atoms with Gasteiger partial charge >= 0.3 is 0 Å². The van der Waals surface area contributed by atoms with E-state index in [2.05, 4.69) is 28.9 Å². The number of fused-ring (bicyclic) bond motifs is 3. The molecular weight excluding hydrogens is 362 g/mol. The van der Waals surface area contributed by atoms with Crippen molar-refractivity contribution in [1.29, 1.82) is 0 Å². The Balaban J connectivity index is 1.94. The summed E-state index contributed by atoms with van der Waals surface area (Å²) >= 11 is 0. The molecule has 0 aliphatic rings. The quantitative estimate of drug-likeness (QED) is 0.539. The Hall–Kier alpha value is -3.60. The smallest absolute Gasteiger partial charge is 0.249 e. The Labute approximate surface area is 169 Å². The van der Waals surface area contributed by atoms with E-state index in [0.29, 0.717) is 12.1 Å². The van der Waals surface area contributed by atoms with Gasteiger partial charge in [0, 0.05) is 35.5 Å². The van der Waals surface area contributed by atoms with Crippen LogP contribution in [0.2, 0.25) is 0 Å². The normalized spacial score (nSPS) is 11.1. The van der Waals surface area contributed by atoms with Gasteiger partial charge in [-0.15, -0.1) is 0 Å². The first-order chi connectivity index (χ1) is 14.0. The van der Waals surface area contributed by atoms with E-state index in [1.54, 1.807) is 6.07 Å². The zero-order valence-corrected chi connectivity index (χ0v) is 16.5. The second kappa shape index (κ2) is 7.43. The number of carbonyl (C=O) groups excluding carboxylic acids is 2. The van der Waals surface area contributed by atoms with Crippen LogP contribution in [-0.4, -0.2) is 16.4 Å². The summed E-state index contributed by atoms with van der Waals surface area (Å²) in [4.78, 5) is 23.5. The van der Waals surface area contributed by atoms with Gasteiger partial charge in [-0.1, -0.05) is 31.2 Å². The van der Waals surface area contributed by atoms with E-state index in [1.807, 2.05) is 42.5 Å². The van der Waals surface area contributed by atoms with Crippen molar-refractivity contribution < 1.29 is 9.59 Å². The van der Waals surface area contributed by atoms with Gasteiger partial charge in [-0.2, -0.15) is 0 Å². The third-order valence-electron chi connectivity index (χ3n) is 5.12. The summed E-state index contributed by atoms with van der Waals surface area (Å²) in [6.07, 6.45) is 0.897. The molecule has 29 heavy (non-hydrogen) atoms. The molecule has 0 atom stereocenters. The number of aryl methyl sites for hydroxylation is 1. The number of amides is 2. The first-order valence-electron chi connectivity index (χ1n) is 9.59. The highest BCUT2D eigenvalue weighted by Gasteiger charge is 2.17. The number of nitrogens with one attached hydrogen (secondary N) is 1. The van der Waals surface area contributed by atoms with Crippen molar-refractivity contribution in [1.82, 2.24) is 4.57 Å². The molecule has 1 radical (unpaired) electrons. The number of nitrogens with two attached hydrogens (primary N) is 1. The Kier molecular flexibility index (Phi) is 4.80. The van der Waals surface area contributed by atoms with Gasteiger partial charge in [-0.25, -0.2) is 0 Å². The van der Waals surface area contributed by atoms with Crippen molar-refractivity contribution in [3.63, 3.8) is 0 Å². The average Bonchev–Trinajstić information content (AvgIpc) is 3.00. The summed E-state index contributed by atoms with van der Waals surface area (Å²) in [6, 6.07) is 20.9. The molecule has 0 spiro atoms. The summed E-state index contributed by atoms with van der Waals surface area (Å²) in [5, 5.41) is 4.55. The van der Waals surface area contributed by atoms with Crippen LogP contribution >= 0.6 is 0 Å². The molecule has 2 amide bonds. The molecule has 1 heterocycles. The van der Waals surface area contributed by atoms with Gasteiger partial charge in [0.05, 0.1) is 11.0 Å². The molecule has 1 aromatic heterocycles. The van der Waals surface area contributed by atoms with Crippen LogP contribution in [0.4, 0.5) is 5.69 Å². The van der Waals surface area contributed by atoms with Crippen LogP contribution < -0.4 is 11.1 Å². The molecule has 3 aromatic carbocycles. The van der Waals surface area contributed by atoms with E-state index in [-0.39, 0.29) is 5.91 Å². The number of benzene rings is 3. The van der Waals surface area contributed by atoms with E-state index in [4.69, 9.17) is 5.73 Å². The Morgan fingerprint density at radius 2 is 1.86 bits per heavy atom. The topological polar surface area (TPSA) is 77.1 Å². The van der Waals surface area contributed by atoms with E-state index < -0.39 is 5.91 Å². The molecule has 145 valence electrons. The number of hydrogen-bond acceptors (Lipinski definition) is 2. The van der Waals surface area contributed by atoms with Crippen molar-refractivity contribution >= 4 is 39.3 Å². The monoisotopic (exact) mass is 384 g/mol. The lowest BCUT2D eigenvalue weighted by molar-refractivity contribution is -0.114. The SMILES string of the molecule is CCc1c[c]c2c3c(C(N)=O)cccc3n(Cc3cccc(NC(C)=O)c3)c2c1. The minimum absolute atomic E-state index is 0.104. The summed E-state index contributed by atoms with van der Waals surface area (Å²) in [6.45, 7) is 4.19. The first-order valence-corrected chi connectivity index (χ1v) is 9.59. The third kappa shape index (κ3) is 3.47. The van der Waals surface area contributed by atoms with Crippen LogP contribution in [0.5, 0.6) is 0 Å². The maximum atomic E-state index is 12.1. The van der Waals surface area contributed by atoms with Crippen molar-refractivity contribution in [3.8, 4) is 0 Å². The molecule has 4 rings (SSSR count). The molecule has 5 heteroatoms. The van der Waals surface area contributed by atoms with Crippen LogP contribution in [-0.2, 0) is 17.8 Å². The Morgan fingerprint density at radius 3 is 2.59 bits per heavy atom. The number of carbonyl (C=O) groups is 2. The molecule has 0 saturated carbocycles. The molecule has 3 N–H and O–H groups in total. The Bertz CT molecular complexity index is 1250. The van der Waals surface area contributed by atoms with Crippen LogP contribution in [0.15, 0.2) is 54.6 Å². The highest BCUT2D eigenvalue weighted by molar-refractivity contribution is 6.17. The summed E-state index contributed by atoms with van der Waals surface area (Å²) in [7, 11) is 0. The predicted octanol–water partition coefficient (Wildman–Crippen LogP) is 4.26. The largest absolute Gasteiger partial charge is 0.366 e. The van der Waals surface area contributed by atoms with Gasteiger partial charge in [-0.3, -0.25) is 9.59 Å². The van der Waals surface area contributed by atoms with E-state index in [1.165, 1.54) is 12.5 Å². The lowest BCUT2D eigenvalue weighted by Gasteiger charge is -2.10. The molecule has 0 saturated heterocycles. The van der Waals surface area contributed by atoms with Crippen molar-refractivity contribution in [2.75, 3.05) is 5.32 Å². The molecule has 5 nitrogen and oxygen atoms in total. The molecule has 0 fully saturated rings. The van der Waals surface area contributed by atoms with Gasteiger partial charge < -0.3 is 15.6 Å². The minimum Gasteiger partial charge on any atom is -0.366 e. The van der Waals surface area contributed by atoms with Gasteiger partial charge in [0.15, 0.2) is 0 Å². The number of rotatable bonds is 5. The fraction of sp³-hybridized carbons (Fsp3) is 0.167. The number of anilines is 1. The maximum Gasteiger partial charge on any atom is 0.249 e. The van der Waals surface area contributed by atoms with E-state index in [9.17, 15) is 9.59 Å². The maximum absolute atomic E-state index is 12.1. The van der Waals surface area contributed by atoms with Gasteiger partial charge in [0.25, 0.3) is 0 Å². The van der Waals surface area contributed by atoms with E-state index in [0.717, 1.165) is 39.5 Å². The number of hydrogen-bond donors (Lipinski definition) is 2. The molecular formula is C24H22N3O2. The zero-order valence-electron chi connectivity index (χ0n) is 16.5. The third-order valence-corrected chi connectivity index (χ3v) is 5.12. The molecule has 0 unspecified atom stereocenters.